The molecule has 154 valence electrons. The van der Waals surface area contributed by atoms with Gasteiger partial charge in [0.25, 0.3) is 11.8 Å². The van der Waals surface area contributed by atoms with Gasteiger partial charge in [-0.25, -0.2) is 4.79 Å². The molecular formula is C20H22N2O6S. The maximum absolute atomic E-state index is 12.4. The second-order valence-electron chi connectivity index (χ2n) is 5.98. The molecule has 0 aliphatic carbocycles. The minimum atomic E-state index is -0.579. The highest BCUT2D eigenvalue weighted by Crippen LogP contribution is 2.34. The van der Waals surface area contributed by atoms with Crippen molar-refractivity contribution in [1.82, 2.24) is 10.2 Å². The Balaban J connectivity index is 2.44. The van der Waals surface area contributed by atoms with Gasteiger partial charge in [0.2, 0.25) is 0 Å². The maximum Gasteiger partial charge on any atom is 0.344 e. The number of methoxy groups -OCH3 is 1. The first kappa shape index (κ1) is 22.1. The molecule has 1 aromatic rings. The molecule has 1 aromatic carbocycles. The van der Waals surface area contributed by atoms with Crippen molar-refractivity contribution in [3.8, 4) is 11.5 Å². The Morgan fingerprint density at radius 2 is 2.07 bits per heavy atom. The molecule has 0 spiro atoms. The minimum Gasteiger partial charge on any atom is -0.493 e. The molecule has 1 fully saturated rings. The lowest BCUT2D eigenvalue weighted by atomic mass is 10.0. The summed E-state index contributed by atoms with van der Waals surface area (Å²) in [6.07, 6.45) is 3.52. The number of likely N-dealkylation sites (N-methyl/N-ethyl adjacent to an activating group) is 1. The van der Waals surface area contributed by atoms with Crippen LogP contribution in [-0.4, -0.2) is 55.2 Å². The predicted molar refractivity (Wildman–Crippen MR) is 111 cm³/mol. The Morgan fingerprint density at radius 1 is 1.34 bits per heavy atom. The zero-order valence-corrected chi connectivity index (χ0v) is 17.3. The number of carbonyl (C=O) groups excluding carboxylic acids is 3. The smallest absolute Gasteiger partial charge is 0.344 e. The normalized spacial score (nSPS) is 15.2. The van der Waals surface area contributed by atoms with Crippen LogP contribution in [0, 0.1) is 0 Å². The van der Waals surface area contributed by atoms with Gasteiger partial charge in [-0.1, -0.05) is 6.08 Å². The molecule has 2 rings (SSSR count). The first-order chi connectivity index (χ1) is 13.8. The number of rotatable bonds is 8. The van der Waals surface area contributed by atoms with Crippen molar-refractivity contribution < 1.29 is 28.6 Å². The third-order valence-electron chi connectivity index (χ3n) is 3.99. The first-order valence-electron chi connectivity index (χ1n) is 8.77. The Bertz CT molecular complexity index is 893. The van der Waals surface area contributed by atoms with Crippen molar-refractivity contribution >= 4 is 41.2 Å². The molecule has 0 saturated carbocycles. The molecule has 8 nitrogen and oxygen atoms in total. The van der Waals surface area contributed by atoms with Crippen LogP contribution < -0.4 is 14.8 Å². The molecule has 1 N–H and O–H groups in total. The lowest BCUT2D eigenvalue weighted by Crippen LogP contribution is -2.52. The summed E-state index contributed by atoms with van der Waals surface area (Å²) >= 11 is 4.94. The summed E-state index contributed by atoms with van der Waals surface area (Å²) in [5.41, 5.74) is 1.15. The van der Waals surface area contributed by atoms with E-state index < -0.39 is 17.8 Å². The molecule has 1 heterocycles. The highest BCUT2D eigenvalue weighted by molar-refractivity contribution is 7.80. The van der Waals surface area contributed by atoms with Crippen molar-refractivity contribution in [3.63, 3.8) is 0 Å². The monoisotopic (exact) mass is 418 g/mol. The van der Waals surface area contributed by atoms with Gasteiger partial charge < -0.3 is 14.2 Å². The van der Waals surface area contributed by atoms with Crippen LogP contribution in [0.25, 0.3) is 6.08 Å². The molecule has 0 radical (unpaired) electrons. The molecule has 29 heavy (non-hydrogen) atoms. The van der Waals surface area contributed by atoms with Gasteiger partial charge in [-0.15, -0.1) is 6.58 Å². The van der Waals surface area contributed by atoms with Crippen molar-refractivity contribution in [2.75, 3.05) is 27.4 Å². The van der Waals surface area contributed by atoms with E-state index in [9.17, 15) is 14.4 Å². The molecule has 0 atom stereocenters. The number of nitrogens with one attached hydrogen (secondary N) is 1. The number of allylic oxidation sites excluding steroid dienone is 1. The number of hydrogen-bond acceptors (Lipinski definition) is 7. The number of nitrogens with zero attached hydrogens (tertiary/aromatic N) is 1. The fourth-order valence-corrected chi connectivity index (χ4v) is 2.81. The van der Waals surface area contributed by atoms with E-state index in [-0.39, 0.29) is 23.9 Å². The average molecular weight is 418 g/mol. The zero-order chi connectivity index (χ0) is 21.6. The molecule has 0 bridgehead atoms. The van der Waals surface area contributed by atoms with Crippen LogP contribution in [0.4, 0.5) is 0 Å². The van der Waals surface area contributed by atoms with E-state index in [1.54, 1.807) is 25.1 Å². The van der Waals surface area contributed by atoms with E-state index in [0.29, 0.717) is 29.0 Å². The van der Waals surface area contributed by atoms with Gasteiger partial charge >= 0.3 is 5.97 Å². The van der Waals surface area contributed by atoms with E-state index in [0.717, 1.165) is 0 Å². The summed E-state index contributed by atoms with van der Waals surface area (Å²) in [5, 5.41) is 2.51. The molecule has 1 saturated heterocycles. The van der Waals surface area contributed by atoms with Crippen molar-refractivity contribution in [2.24, 2.45) is 0 Å². The first-order valence-corrected chi connectivity index (χ1v) is 9.18. The molecular weight excluding hydrogens is 396 g/mol. The largest absolute Gasteiger partial charge is 0.493 e. The van der Waals surface area contributed by atoms with E-state index in [1.807, 2.05) is 0 Å². The van der Waals surface area contributed by atoms with Gasteiger partial charge in [-0.2, -0.15) is 0 Å². The van der Waals surface area contributed by atoms with Gasteiger partial charge in [-0.05, 0) is 49.3 Å². The second-order valence-corrected chi connectivity index (χ2v) is 6.37. The Morgan fingerprint density at radius 3 is 2.69 bits per heavy atom. The third-order valence-corrected chi connectivity index (χ3v) is 4.37. The van der Waals surface area contributed by atoms with E-state index in [2.05, 4.69) is 11.9 Å². The van der Waals surface area contributed by atoms with Crippen LogP contribution in [0.2, 0.25) is 0 Å². The van der Waals surface area contributed by atoms with Crippen molar-refractivity contribution in [1.29, 1.82) is 0 Å². The molecule has 1 aliphatic rings. The fourth-order valence-electron chi connectivity index (χ4n) is 2.64. The summed E-state index contributed by atoms with van der Waals surface area (Å²) in [6.45, 7) is 5.40. The standard InChI is InChI=1S/C20H22N2O6S/c1-5-7-13-8-12(9-14-18(24)21-20(29)22(3)19(14)25)10-15(26-4)17(13)28-11-16(23)27-6-2/h5,8-10H,1,6-7,11H2,2-4H3,(H,21,24,29)/b14-9+. The van der Waals surface area contributed by atoms with Crippen LogP contribution in [-0.2, 0) is 25.5 Å². The summed E-state index contributed by atoms with van der Waals surface area (Å²) in [4.78, 5) is 37.4. The molecule has 1 aliphatic heterocycles. The Labute approximate surface area is 174 Å². The summed E-state index contributed by atoms with van der Waals surface area (Å²) in [5.74, 6) is -0.891. The Hall–Kier alpha value is -3.20. The number of ether oxygens (including phenoxy) is 3. The highest BCUT2D eigenvalue weighted by atomic mass is 32.1. The average Bonchev–Trinajstić information content (AvgIpc) is 2.68. The topological polar surface area (TPSA) is 94.2 Å². The van der Waals surface area contributed by atoms with Crippen LogP contribution in [0.3, 0.4) is 0 Å². The number of thiocarbonyl (C=S) groups is 1. The number of carbonyl (C=O) groups is 3. The molecule has 2 amide bonds. The number of benzene rings is 1. The lowest BCUT2D eigenvalue weighted by Gasteiger charge is -2.25. The maximum atomic E-state index is 12.4. The van der Waals surface area contributed by atoms with Crippen molar-refractivity contribution in [2.45, 2.75) is 13.3 Å². The predicted octanol–water partition coefficient (Wildman–Crippen LogP) is 1.62. The third kappa shape index (κ3) is 5.20. The van der Waals surface area contributed by atoms with Crippen LogP contribution in [0.5, 0.6) is 11.5 Å². The number of hydrogen-bond donors (Lipinski definition) is 1. The van der Waals surface area contributed by atoms with Crippen LogP contribution in [0.1, 0.15) is 18.1 Å². The van der Waals surface area contributed by atoms with Gasteiger partial charge in [0.15, 0.2) is 23.2 Å². The zero-order valence-electron chi connectivity index (χ0n) is 16.4. The fraction of sp³-hybridized carbons (Fsp3) is 0.300. The summed E-state index contributed by atoms with van der Waals surface area (Å²) < 4.78 is 15.9. The highest BCUT2D eigenvalue weighted by Gasteiger charge is 2.31. The van der Waals surface area contributed by atoms with Crippen LogP contribution >= 0.6 is 12.2 Å². The van der Waals surface area contributed by atoms with Gasteiger partial charge in [0.05, 0.1) is 13.7 Å². The van der Waals surface area contributed by atoms with E-state index in [4.69, 9.17) is 26.4 Å². The van der Waals surface area contributed by atoms with E-state index in [1.165, 1.54) is 25.1 Å². The van der Waals surface area contributed by atoms with Gasteiger partial charge in [-0.3, -0.25) is 19.8 Å². The van der Waals surface area contributed by atoms with E-state index >= 15 is 0 Å². The molecule has 0 unspecified atom stereocenters. The van der Waals surface area contributed by atoms with Gasteiger partial charge in [0, 0.05) is 12.6 Å². The SMILES string of the molecule is C=CCc1cc(/C=C2\C(=O)NC(=S)N(C)C2=O)cc(OC)c1OCC(=O)OCC. The summed E-state index contributed by atoms with van der Waals surface area (Å²) in [7, 11) is 2.93. The minimum absolute atomic E-state index is 0.0461. The lowest BCUT2D eigenvalue weighted by molar-refractivity contribution is -0.145. The van der Waals surface area contributed by atoms with Crippen molar-refractivity contribution in [3.05, 3.63) is 41.5 Å². The quantitative estimate of drug-likeness (QED) is 0.225. The van der Waals surface area contributed by atoms with Crippen LogP contribution in [0.15, 0.2) is 30.4 Å². The Kier molecular flexibility index (Phi) is 7.49. The number of amides is 2. The number of esters is 1. The van der Waals surface area contributed by atoms with Gasteiger partial charge in [0.1, 0.15) is 5.57 Å². The molecule has 9 heteroatoms. The second kappa shape index (κ2) is 9.83. The summed E-state index contributed by atoms with van der Waals surface area (Å²) in [6, 6.07) is 3.33. The molecule has 0 aromatic heterocycles.